The minimum Gasteiger partial charge on any atom is -0.390 e. The van der Waals surface area contributed by atoms with Crippen molar-refractivity contribution < 1.29 is 13.3 Å². The van der Waals surface area contributed by atoms with Crippen LogP contribution in [-0.2, 0) is 16.6 Å². The first-order valence-electron chi connectivity index (χ1n) is 7.87. The van der Waals surface area contributed by atoms with Crippen LogP contribution >= 0.6 is 0 Å². The highest BCUT2D eigenvalue weighted by Crippen LogP contribution is 2.21. The van der Waals surface area contributed by atoms with Crippen molar-refractivity contribution in [3.63, 3.8) is 0 Å². The summed E-state index contributed by atoms with van der Waals surface area (Å²) in [6.07, 6.45) is 1.24. The number of H-pyrrole nitrogens is 1. The Morgan fingerprint density at radius 3 is 2.65 bits per heavy atom. The molecule has 0 spiro atoms. The van der Waals surface area contributed by atoms with E-state index in [-0.39, 0.29) is 11.4 Å². The van der Waals surface area contributed by atoms with Gasteiger partial charge in [0.1, 0.15) is 12.4 Å². The number of nitro groups is 1. The van der Waals surface area contributed by atoms with Gasteiger partial charge in [-0.2, -0.15) is 8.99 Å². The highest BCUT2D eigenvalue weighted by Gasteiger charge is 2.22. The molecule has 0 saturated carbocycles. The molecule has 3 aromatic rings. The monoisotopic (exact) mass is 379 g/mol. The fourth-order valence-electron chi connectivity index (χ4n) is 2.59. The number of imidazole rings is 1. The van der Waals surface area contributed by atoms with Crippen LogP contribution in [0.4, 0.5) is 5.95 Å². The smallest absolute Gasteiger partial charge is 0.390 e. The predicted octanol–water partition coefficient (Wildman–Crippen LogP) is 1.14. The Bertz CT molecular complexity index is 1050. The molecular formula is C14H17N7O4S. The summed E-state index contributed by atoms with van der Waals surface area (Å²) in [4.78, 5) is 21.1. The second-order valence-electron chi connectivity index (χ2n) is 5.45. The molecule has 0 bridgehead atoms. The summed E-state index contributed by atoms with van der Waals surface area (Å²) < 4.78 is 27.9. The molecule has 2 heterocycles. The van der Waals surface area contributed by atoms with Crippen LogP contribution in [0, 0.1) is 10.1 Å². The summed E-state index contributed by atoms with van der Waals surface area (Å²) in [5, 5.41) is 14.3. The van der Waals surface area contributed by atoms with Crippen LogP contribution < -0.4 is 0 Å². The molecule has 12 heteroatoms. The van der Waals surface area contributed by atoms with E-state index in [4.69, 9.17) is 0 Å². The van der Waals surface area contributed by atoms with Crippen LogP contribution in [0.5, 0.6) is 0 Å². The fraction of sp³-hybridized carbons (Fsp3) is 0.357. The van der Waals surface area contributed by atoms with Crippen LogP contribution in [0.1, 0.15) is 19.7 Å². The Hall–Kier alpha value is -2.86. The number of hydrogen-bond acceptors (Lipinski definition) is 7. The van der Waals surface area contributed by atoms with E-state index in [1.807, 2.05) is 0 Å². The summed E-state index contributed by atoms with van der Waals surface area (Å²) in [6.45, 7) is 4.48. The van der Waals surface area contributed by atoms with E-state index >= 15 is 0 Å². The molecule has 0 aliphatic rings. The minimum atomic E-state index is -3.57. The van der Waals surface area contributed by atoms with Gasteiger partial charge in [-0.05, 0) is 23.1 Å². The molecule has 1 N–H and O–H groups in total. The van der Waals surface area contributed by atoms with Crippen LogP contribution in [0.2, 0.25) is 0 Å². The average molecular weight is 379 g/mol. The van der Waals surface area contributed by atoms with Crippen molar-refractivity contribution in [3.8, 4) is 0 Å². The summed E-state index contributed by atoms with van der Waals surface area (Å²) in [5.41, 5.74) is 1.15. The molecule has 0 unspecified atom stereocenters. The number of sulfonamides is 1. The van der Waals surface area contributed by atoms with Crippen molar-refractivity contribution in [1.82, 2.24) is 29.0 Å². The maximum Gasteiger partial charge on any atom is 0.490 e. The first-order valence-corrected chi connectivity index (χ1v) is 9.31. The Balaban J connectivity index is 1.91. The number of fused-ring (bicyclic) bond motifs is 1. The number of hydrogen-bond donors (Lipinski definition) is 1. The molecular weight excluding hydrogens is 362 g/mol. The van der Waals surface area contributed by atoms with Crippen molar-refractivity contribution in [2.24, 2.45) is 0 Å². The van der Waals surface area contributed by atoms with Gasteiger partial charge in [0.15, 0.2) is 0 Å². The fourth-order valence-corrected chi connectivity index (χ4v) is 4.07. The molecule has 3 rings (SSSR count). The summed E-state index contributed by atoms with van der Waals surface area (Å²) in [5.74, 6) is -0.00843. The Morgan fingerprint density at radius 1 is 1.31 bits per heavy atom. The number of nitrogens with one attached hydrogen (secondary N) is 1. The number of benzene rings is 1. The van der Waals surface area contributed by atoms with Crippen LogP contribution in [0.15, 0.2) is 29.4 Å². The van der Waals surface area contributed by atoms with Gasteiger partial charge in [0.05, 0.1) is 15.9 Å². The van der Waals surface area contributed by atoms with Gasteiger partial charge in [-0.15, -0.1) is 0 Å². The molecule has 11 nitrogen and oxygen atoms in total. The molecule has 0 radical (unpaired) electrons. The maximum atomic E-state index is 12.6. The summed E-state index contributed by atoms with van der Waals surface area (Å²) >= 11 is 0. The van der Waals surface area contributed by atoms with E-state index in [2.05, 4.69) is 20.1 Å². The van der Waals surface area contributed by atoms with Gasteiger partial charge in [-0.25, -0.2) is 13.4 Å². The van der Waals surface area contributed by atoms with Crippen LogP contribution in [0.3, 0.4) is 0 Å². The van der Waals surface area contributed by atoms with Crippen molar-refractivity contribution in [1.29, 1.82) is 0 Å². The Kier molecular flexibility index (Phi) is 4.70. The molecule has 2 aromatic heterocycles. The molecule has 0 aliphatic carbocycles. The number of rotatable bonds is 7. The summed E-state index contributed by atoms with van der Waals surface area (Å²) in [7, 11) is -3.57. The van der Waals surface area contributed by atoms with Gasteiger partial charge in [0.2, 0.25) is 16.4 Å². The Morgan fingerprint density at radius 2 is 2.04 bits per heavy atom. The zero-order valence-corrected chi connectivity index (χ0v) is 15.0. The van der Waals surface area contributed by atoms with Crippen molar-refractivity contribution in [2.45, 2.75) is 25.3 Å². The molecule has 0 amide bonds. The van der Waals surface area contributed by atoms with Crippen molar-refractivity contribution in [3.05, 3.63) is 40.5 Å². The maximum absolute atomic E-state index is 12.6. The first kappa shape index (κ1) is 17.9. The van der Waals surface area contributed by atoms with E-state index in [0.29, 0.717) is 29.9 Å². The molecule has 26 heavy (non-hydrogen) atoms. The largest absolute Gasteiger partial charge is 0.490 e. The van der Waals surface area contributed by atoms with E-state index < -0.39 is 20.9 Å². The lowest BCUT2D eigenvalue weighted by Crippen LogP contribution is -2.30. The second-order valence-corrected chi connectivity index (χ2v) is 7.39. The molecule has 1 aromatic carbocycles. The lowest BCUT2D eigenvalue weighted by Gasteiger charge is -2.18. The average Bonchev–Trinajstić information content (AvgIpc) is 3.21. The Labute approximate surface area is 148 Å². The topological polar surface area (TPSA) is 140 Å². The third kappa shape index (κ3) is 3.28. The highest BCUT2D eigenvalue weighted by molar-refractivity contribution is 7.89. The van der Waals surface area contributed by atoms with Gasteiger partial charge >= 0.3 is 5.95 Å². The predicted molar refractivity (Wildman–Crippen MR) is 92.0 cm³/mol. The van der Waals surface area contributed by atoms with Crippen LogP contribution in [-0.4, -0.2) is 55.5 Å². The molecule has 138 valence electrons. The van der Waals surface area contributed by atoms with Gasteiger partial charge in [0, 0.05) is 18.2 Å². The zero-order valence-electron chi connectivity index (χ0n) is 14.2. The minimum absolute atomic E-state index is 0.146. The van der Waals surface area contributed by atoms with E-state index in [1.165, 1.54) is 27.4 Å². The lowest BCUT2D eigenvalue weighted by molar-refractivity contribution is -0.394. The third-order valence-corrected chi connectivity index (χ3v) is 5.89. The molecule has 0 aliphatic heterocycles. The number of nitrogens with zero attached hydrogens (tertiary/aromatic N) is 6. The third-order valence-electron chi connectivity index (χ3n) is 3.85. The summed E-state index contributed by atoms with van der Waals surface area (Å²) in [6, 6.07) is 4.67. The standard InChI is InChI=1S/C14H17N7O4S/c1-3-20(4-2)26(24,25)10-5-6-11-12(7-10)17-13(16-11)8-19-9-15-14(18-19)21(22)23/h5-7,9H,3-4,8H2,1-2H3,(H,16,17). The van der Waals surface area contributed by atoms with E-state index in [9.17, 15) is 18.5 Å². The van der Waals surface area contributed by atoms with Gasteiger partial charge < -0.3 is 15.1 Å². The van der Waals surface area contributed by atoms with Gasteiger partial charge in [-0.3, -0.25) is 0 Å². The first-order chi connectivity index (χ1) is 12.3. The number of aromatic nitrogens is 5. The van der Waals surface area contributed by atoms with Gasteiger partial charge in [-0.1, -0.05) is 18.8 Å². The van der Waals surface area contributed by atoms with Crippen LogP contribution in [0.25, 0.3) is 11.0 Å². The van der Waals surface area contributed by atoms with Crippen molar-refractivity contribution in [2.75, 3.05) is 13.1 Å². The lowest BCUT2D eigenvalue weighted by atomic mass is 10.3. The molecule has 0 saturated heterocycles. The van der Waals surface area contributed by atoms with E-state index in [1.54, 1.807) is 19.9 Å². The van der Waals surface area contributed by atoms with E-state index in [0.717, 1.165) is 0 Å². The SMILES string of the molecule is CCN(CC)S(=O)(=O)c1ccc2nc(Cn3cnc([N+](=O)[O-])n3)[nH]c2c1. The highest BCUT2D eigenvalue weighted by atomic mass is 32.2. The normalized spacial score (nSPS) is 12.1. The second kappa shape index (κ2) is 6.80. The number of aromatic amines is 1. The molecule has 0 atom stereocenters. The zero-order chi connectivity index (χ0) is 18.9. The van der Waals surface area contributed by atoms with Crippen molar-refractivity contribution >= 4 is 27.0 Å². The van der Waals surface area contributed by atoms with Gasteiger partial charge in [0.25, 0.3) is 0 Å². The quantitative estimate of drug-likeness (QED) is 0.479. The molecule has 0 fully saturated rings.